The third kappa shape index (κ3) is 4.68. The Morgan fingerprint density at radius 2 is 1.97 bits per heavy atom. The lowest BCUT2D eigenvalue weighted by molar-refractivity contribution is 0.0706. The van der Waals surface area contributed by atoms with Crippen molar-refractivity contribution in [3.8, 4) is 0 Å². The molecule has 3 aromatic rings. The van der Waals surface area contributed by atoms with Crippen LogP contribution in [0.15, 0.2) is 48.5 Å². The molecule has 1 aliphatic heterocycles. The summed E-state index contributed by atoms with van der Waals surface area (Å²) in [6, 6.07) is 14.6. The molecule has 1 N–H and O–H groups in total. The van der Waals surface area contributed by atoms with Crippen LogP contribution < -0.4 is 5.32 Å². The summed E-state index contributed by atoms with van der Waals surface area (Å²) in [7, 11) is 0. The molecule has 0 unspecified atom stereocenters. The van der Waals surface area contributed by atoms with Crippen LogP contribution in [0.25, 0.3) is 0 Å². The first-order valence-electron chi connectivity index (χ1n) is 9.76. The highest BCUT2D eigenvalue weighted by molar-refractivity contribution is 7.13. The number of rotatable bonds is 4. The number of benzene rings is 2. The zero-order chi connectivity index (χ0) is 21.1. The number of carbonyl (C=O) groups excluding carboxylic acids is 2. The van der Waals surface area contributed by atoms with Gasteiger partial charge in [0.1, 0.15) is 5.01 Å². The molecule has 0 aliphatic carbocycles. The fourth-order valence-corrected chi connectivity index (χ4v) is 4.53. The Labute approximate surface area is 183 Å². The first-order chi connectivity index (χ1) is 14.5. The number of anilines is 1. The fraction of sp³-hybridized carbons (Fsp3) is 0.273. The first-order valence-corrected chi connectivity index (χ1v) is 11.0. The number of piperidine rings is 1. The van der Waals surface area contributed by atoms with Crippen molar-refractivity contribution in [3.63, 3.8) is 0 Å². The van der Waals surface area contributed by atoms with Crippen LogP contribution in [0, 0.1) is 6.92 Å². The van der Waals surface area contributed by atoms with Crippen LogP contribution in [-0.2, 0) is 0 Å². The summed E-state index contributed by atoms with van der Waals surface area (Å²) in [6.07, 6.45) is 1.79. The maximum absolute atomic E-state index is 12.8. The van der Waals surface area contributed by atoms with Gasteiger partial charge in [-0.2, -0.15) is 0 Å². The van der Waals surface area contributed by atoms with Gasteiger partial charge in [0.15, 0.2) is 0 Å². The quantitative estimate of drug-likeness (QED) is 0.633. The molecule has 0 spiro atoms. The van der Waals surface area contributed by atoms with Gasteiger partial charge in [-0.15, -0.1) is 10.2 Å². The van der Waals surface area contributed by atoms with Gasteiger partial charge in [-0.1, -0.05) is 46.7 Å². The lowest BCUT2D eigenvalue weighted by Crippen LogP contribution is -2.39. The van der Waals surface area contributed by atoms with Crippen molar-refractivity contribution in [2.45, 2.75) is 25.7 Å². The Kier molecular flexibility index (Phi) is 6.11. The van der Waals surface area contributed by atoms with E-state index in [4.69, 9.17) is 11.6 Å². The maximum atomic E-state index is 12.8. The van der Waals surface area contributed by atoms with Crippen LogP contribution in [-0.4, -0.2) is 40.0 Å². The summed E-state index contributed by atoms with van der Waals surface area (Å²) < 4.78 is 0. The summed E-state index contributed by atoms with van der Waals surface area (Å²) >= 11 is 7.31. The number of likely N-dealkylation sites (tertiary alicyclic amines) is 1. The van der Waals surface area contributed by atoms with Crippen molar-refractivity contribution < 1.29 is 9.59 Å². The molecule has 2 amide bonds. The summed E-state index contributed by atoms with van der Waals surface area (Å²) in [5.41, 5.74) is 2.43. The van der Waals surface area contributed by atoms with Crippen LogP contribution in [0.5, 0.6) is 0 Å². The Morgan fingerprint density at radius 1 is 1.17 bits per heavy atom. The molecule has 0 radical (unpaired) electrons. The molecule has 1 atom stereocenters. The molecule has 1 aliphatic rings. The van der Waals surface area contributed by atoms with Crippen molar-refractivity contribution in [3.05, 3.63) is 74.7 Å². The Balaban J connectivity index is 1.43. The van der Waals surface area contributed by atoms with Gasteiger partial charge < -0.3 is 10.2 Å². The maximum Gasteiger partial charge on any atom is 0.286 e. The number of amides is 2. The normalized spacial score (nSPS) is 16.3. The van der Waals surface area contributed by atoms with Gasteiger partial charge in [0.25, 0.3) is 11.8 Å². The van der Waals surface area contributed by atoms with E-state index in [0.29, 0.717) is 28.7 Å². The number of hydrogen-bond donors (Lipinski definition) is 1. The summed E-state index contributed by atoms with van der Waals surface area (Å²) in [6.45, 7) is 3.24. The van der Waals surface area contributed by atoms with Gasteiger partial charge in [0.05, 0.1) is 0 Å². The minimum atomic E-state index is -0.273. The molecule has 154 valence electrons. The Bertz CT molecular complexity index is 1070. The number of carbonyl (C=O) groups is 2. The van der Waals surface area contributed by atoms with Gasteiger partial charge in [0.2, 0.25) is 5.01 Å². The average Bonchev–Trinajstić information content (AvgIpc) is 3.25. The van der Waals surface area contributed by atoms with E-state index in [1.807, 2.05) is 36.1 Å². The highest BCUT2D eigenvalue weighted by atomic mass is 35.5. The van der Waals surface area contributed by atoms with Crippen LogP contribution in [0.4, 0.5) is 5.69 Å². The second-order valence-electron chi connectivity index (χ2n) is 7.37. The minimum Gasteiger partial charge on any atom is -0.338 e. The lowest BCUT2D eigenvalue weighted by Gasteiger charge is -2.31. The van der Waals surface area contributed by atoms with E-state index >= 15 is 0 Å². The largest absolute Gasteiger partial charge is 0.338 e. The van der Waals surface area contributed by atoms with Crippen LogP contribution in [0.2, 0.25) is 5.02 Å². The first kappa shape index (κ1) is 20.5. The lowest BCUT2D eigenvalue weighted by atomic mass is 9.98. The van der Waals surface area contributed by atoms with Crippen LogP contribution in [0.1, 0.15) is 49.5 Å². The van der Waals surface area contributed by atoms with E-state index < -0.39 is 0 Å². The summed E-state index contributed by atoms with van der Waals surface area (Å²) in [4.78, 5) is 27.2. The monoisotopic (exact) mass is 440 g/mol. The predicted molar refractivity (Wildman–Crippen MR) is 118 cm³/mol. The minimum absolute atomic E-state index is 0.0379. The van der Waals surface area contributed by atoms with Crippen molar-refractivity contribution in [2.75, 3.05) is 18.4 Å². The highest BCUT2D eigenvalue weighted by Gasteiger charge is 2.28. The number of aryl methyl sites for hydroxylation is 1. The molecule has 1 fully saturated rings. The Morgan fingerprint density at radius 3 is 2.73 bits per heavy atom. The van der Waals surface area contributed by atoms with Gasteiger partial charge in [-0.3, -0.25) is 9.59 Å². The van der Waals surface area contributed by atoms with Crippen molar-refractivity contribution in [1.29, 1.82) is 0 Å². The molecular formula is C22H21ClN4O2S. The SMILES string of the molecule is Cc1ccc(NC(=O)c2nnc([C@@H]3CCCN(C(=O)c4cccc(Cl)c4)C3)s2)cc1. The fourth-order valence-electron chi connectivity index (χ4n) is 3.48. The van der Waals surface area contributed by atoms with Crippen LogP contribution in [0.3, 0.4) is 0 Å². The van der Waals surface area contributed by atoms with E-state index in [-0.39, 0.29) is 17.7 Å². The predicted octanol–water partition coefficient (Wildman–Crippen LogP) is 4.77. The Hall–Kier alpha value is -2.77. The molecule has 0 saturated carbocycles. The number of nitrogens with zero attached hydrogens (tertiary/aromatic N) is 3. The van der Waals surface area contributed by atoms with E-state index in [0.717, 1.165) is 29.1 Å². The van der Waals surface area contributed by atoms with Crippen molar-refractivity contribution in [2.24, 2.45) is 0 Å². The molecule has 0 bridgehead atoms. The third-order valence-corrected chi connectivity index (χ3v) is 6.39. The van der Waals surface area contributed by atoms with Gasteiger partial charge in [-0.05, 0) is 50.1 Å². The molecule has 4 rings (SSSR count). The standard InChI is InChI=1S/C22H21ClN4O2S/c1-14-7-9-18(10-8-14)24-19(28)21-26-25-20(30-21)16-5-3-11-27(13-16)22(29)15-4-2-6-17(23)12-15/h2,4,6-10,12,16H,3,5,11,13H2,1H3,(H,24,28)/t16-/m1/s1. The number of aromatic nitrogens is 2. The zero-order valence-corrected chi connectivity index (χ0v) is 18.0. The smallest absolute Gasteiger partial charge is 0.286 e. The average molecular weight is 441 g/mol. The molecule has 6 nitrogen and oxygen atoms in total. The zero-order valence-electron chi connectivity index (χ0n) is 16.5. The van der Waals surface area contributed by atoms with E-state index in [2.05, 4.69) is 15.5 Å². The van der Waals surface area contributed by atoms with Crippen molar-refractivity contribution in [1.82, 2.24) is 15.1 Å². The highest BCUT2D eigenvalue weighted by Crippen LogP contribution is 2.30. The molecule has 8 heteroatoms. The molecule has 2 aromatic carbocycles. The second-order valence-corrected chi connectivity index (χ2v) is 8.81. The molecule has 2 heterocycles. The van der Waals surface area contributed by atoms with Crippen LogP contribution >= 0.6 is 22.9 Å². The molecule has 30 heavy (non-hydrogen) atoms. The summed E-state index contributed by atoms with van der Waals surface area (Å²) in [5.74, 6) is -0.241. The van der Waals surface area contributed by atoms with Gasteiger partial charge >= 0.3 is 0 Å². The second kappa shape index (κ2) is 8.93. The van der Waals surface area contributed by atoms with Gasteiger partial charge in [0, 0.05) is 35.3 Å². The number of nitrogens with one attached hydrogen (secondary N) is 1. The molecular weight excluding hydrogens is 420 g/mol. The van der Waals surface area contributed by atoms with E-state index in [1.54, 1.807) is 24.3 Å². The summed E-state index contributed by atoms with van der Waals surface area (Å²) in [5, 5.41) is 12.8. The third-order valence-electron chi connectivity index (χ3n) is 5.07. The van der Waals surface area contributed by atoms with Crippen molar-refractivity contribution >= 4 is 40.4 Å². The topological polar surface area (TPSA) is 75.2 Å². The van der Waals surface area contributed by atoms with E-state index in [1.165, 1.54) is 11.3 Å². The molecule has 1 aromatic heterocycles. The van der Waals surface area contributed by atoms with Gasteiger partial charge in [-0.25, -0.2) is 0 Å². The number of halogens is 1. The number of hydrogen-bond acceptors (Lipinski definition) is 5. The molecule has 1 saturated heterocycles. The van der Waals surface area contributed by atoms with E-state index in [9.17, 15) is 9.59 Å².